The number of piperidine rings is 1. The van der Waals surface area contributed by atoms with Gasteiger partial charge in [0.2, 0.25) is 0 Å². The van der Waals surface area contributed by atoms with Gasteiger partial charge in [0.15, 0.2) is 0 Å². The standard InChI is InChI=1S/C25H28N2O3/c1-16-10-12-26(13-11-16)23-22(21-9-8-17(2)14-18(21)3)24(28)27(25(23)29)19-6-5-7-20(15-19)30-4/h5-9,14-16H,10-13H2,1-4H3. The topological polar surface area (TPSA) is 49.9 Å². The first-order valence-corrected chi connectivity index (χ1v) is 10.5. The molecular weight excluding hydrogens is 376 g/mol. The van der Waals surface area contributed by atoms with Gasteiger partial charge in [0, 0.05) is 19.2 Å². The van der Waals surface area contributed by atoms with Gasteiger partial charge < -0.3 is 9.64 Å². The molecule has 0 saturated carbocycles. The molecule has 0 bridgehead atoms. The van der Waals surface area contributed by atoms with Crippen LogP contribution in [0.4, 0.5) is 5.69 Å². The zero-order valence-electron chi connectivity index (χ0n) is 18.1. The second-order valence-corrected chi connectivity index (χ2v) is 8.36. The fraction of sp³-hybridized carbons (Fsp3) is 0.360. The van der Waals surface area contributed by atoms with E-state index in [2.05, 4.69) is 17.9 Å². The molecule has 2 aliphatic heterocycles. The second kappa shape index (κ2) is 7.98. The molecule has 156 valence electrons. The summed E-state index contributed by atoms with van der Waals surface area (Å²) in [7, 11) is 1.58. The quantitative estimate of drug-likeness (QED) is 0.712. The van der Waals surface area contributed by atoms with Crippen molar-refractivity contribution >= 4 is 23.1 Å². The molecule has 2 aliphatic rings. The minimum absolute atomic E-state index is 0.252. The molecule has 0 spiro atoms. The third-order valence-corrected chi connectivity index (χ3v) is 6.12. The predicted octanol–water partition coefficient (Wildman–Crippen LogP) is 4.33. The third-order valence-electron chi connectivity index (χ3n) is 6.12. The summed E-state index contributed by atoms with van der Waals surface area (Å²) in [5.74, 6) is 0.723. The molecule has 2 aromatic rings. The van der Waals surface area contributed by atoms with E-state index in [0.717, 1.165) is 42.6 Å². The number of nitrogens with zero attached hydrogens (tertiary/aromatic N) is 2. The molecule has 0 unspecified atom stereocenters. The fourth-order valence-electron chi connectivity index (χ4n) is 4.36. The van der Waals surface area contributed by atoms with Crippen LogP contribution in [0, 0.1) is 19.8 Å². The summed E-state index contributed by atoms with van der Waals surface area (Å²) < 4.78 is 5.31. The van der Waals surface area contributed by atoms with Crippen LogP contribution in [0.15, 0.2) is 48.2 Å². The molecule has 1 fully saturated rings. The Morgan fingerprint density at radius 3 is 2.37 bits per heavy atom. The molecule has 2 amide bonds. The van der Waals surface area contributed by atoms with Crippen LogP contribution in [-0.4, -0.2) is 36.9 Å². The Kier molecular flexibility index (Phi) is 5.37. The Labute approximate surface area is 177 Å². The molecule has 0 aliphatic carbocycles. The van der Waals surface area contributed by atoms with E-state index < -0.39 is 0 Å². The van der Waals surface area contributed by atoms with Gasteiger partial charge in [-0.2, -0.15) is 0 Å². The highest BCUT2D eigenvalue weighted by Crippen LogP contribution is 2.38. The first-order valence-electron chi connectivity index (χ1n) is 10.5. The lowest BCUT2D eigenvalue weighted by atomic mass is 9.95. The number of methoxy groups -OCH3 is 1. The van der Waals surface area contributed by atoms with E-state index in [1.54, 1.807) is 31.4 Å². The minimum atomic E-state index is -0.270. The van der Waals surface area contributed by atoms with Crippen LogP contribution in [0.3, 0.4) is 0 Å². The number of imide groups is 1. The number of benzene rings is 2. The number of rotatable bonds is 4. The molecular formula is C25H28N2O3. The lowest BCUT2D eigenvalue weighted by Crippen LogP contribution is -2.38. The Balaban J connectivity index is 1.84. The Hall–Kier alpha value is -3.08. The van der Waals surface area contributed by atoms with Crippen molar-refractivity contribution in [2.75, 3.05) is 25.1 Å². The van der Waals surface area contributed by atoms with Crippen molar-refractivity contribution in [3.63, 3.8) is 0 Å². The van der Waals surface area contributed by atoms with Gasteiger partial charge in [-0.25, -0.2) is 4.90 Å². The van der Waals surface area contributed by atoms with Crippen LogP contribution in [-0.2, 0) is 9.59 Å². The SMILES string of the molecule is COc1cccc(N2C(=O)C(c3ccc(C)cc3C)=C(N3CCC(C)CC3)C2=O)c1. The van der Waals surface area contributed by atoms with Gasteiger partial charge in [-0.15, -0.1) is 0 Å². The average Bonchev–Trinajstić information content (AvgIpc) is 2.99. The number of anilines is 1. The number of carbonyl (C=O) groups excluding carboxylic acids is 2. The van der Waals surface area contributed by atoms with Gasteiger partial charge >= 0.3 is 0 Å². The van der Waals surface area contributed by atoms with E-state index in [1.165, 1.54) is 4.90 Å². The van der Waals surface area contributed by atoms with Gasteiger partial charge in [-0.3, -0.25) is 9.59 Å². The fourth-order valence-corrected chi connectivity index (χ4v) is 4.36. The summed E-state index contributed by atoms with van der Waals surface area (Å²) in [6.45, 7) is 7.84. The molecule has 0 aromatic heterocycles. The van der Waals surface area contributed by atoms with E-state index >= 15 is 0 Å². The Bertz CT molecular complexity index is 1030. The van der Waals surface area contributed by atoms with E-state index in [-0.39, 0.29) is 11.8 Å². The van der Waals surface area contributed by atoms with Gasteiger partial charge in [-0.05, 0) is 55.9 Å². The molecule has 5 heteroatoms. The summed E-state index contributed by atoms with van der Waals surface area (Å²) in [6.07, 6.45) is 2.04. The van der Waals surface area contributed by atoms with E-state index in [1.807, 2.05) is 26.0 Å². The first kappa shape index (κ1) is 20.2. The monoisotopic (exact) mass is 404 g/mol. The number of hydrogen-bond donors (Lipinski definition) is 0. The predicted molar refractivity (Wildman–Crippen MR) is 118 cm³/mol. The van der Waals surface area contributed by atoms with Crippen LogP contribution in [0.5, 0.6) is 5.75 Å². The van der Waals surface area contributed by atoms with E-state index in [4.69, 9.17) is 4.74 Å². The zero-order chi connectivity index (χ0) is 21.4. The van der Waals surface area contributed by atoms with Crippen molar-refractivity contribution in [2.45, 2.75) is 33.6 Å². The summed E-state index contributed by atoms with van der Waals surface area (Å²) in [5, 5.41) is 0. The molecule has 2 heterocycles. The number of hydrogen-bond acceptors (Lipinski definition) is 4. The summed E-state index contributed by atoms with van der Waals surface area (Å²) in [4.78, 5) is 30.7. The molecule has 0 N–H and O–H groups in total. The van der Waals surface area contributed by atoms with Crippen molar-refractivity contribution in [3.05, 3.63) is 64.9 Å². The highest BCUT2D eigenvalue weighted by atomic mass is 16.5. The van der Waals surface area contributed by atoms with Crippen molar-refractivity contribution in [1.29, 1.82) is 0 Å². The van der Waals surface area contributed by atoms with Crippen LogP contribution < -0.4 is 9.64 Å². The maximum atomic E-state index is 13.7. The zero-order valence-corrected chi connectivity index (χ0v) is 18.1. The maximum Gasteiger partial charge on any atom is 0.282 e. The van der Waals surface area contributed by atoms with Crippen molar-refractivity contribution < 1.29 is 14.3 Å². The number of ether oxygens (including phenoxy) is 1. The van der Waals surface area contributed by atoms with Crippen LogP contribution in [0.1, 0.15) is 36.5 Å². The smallest absolute Gasteiger partial charge is 0.282 e. The lowest BCUT2D eigenvalue weighted by Gasteiger charge is -2.32. The molecule has 0 radical (unpaired) electrons. The van der Waals surface area contributed by atoms with E-state index in [9.17, 15) is 9.59 Å². The Morgan fingerprint density at radius 1 is 0.967 bits per heavy atom. The highest BCUT2D eigenvalue weighted by Gasteiger charge is 2.43. The maximum absolute atomic E-state index is 13.7. The van der Waals surface area contributed by atoms with Crippen LogP contribution in [0.25, 0.3) is 5.57 Å². The Morgan fingerprint density at radius 2 is 1.70 bits per heavy atom. The largest absolute Gasteiger partial charge is 0.497 e. The summed E-state index contributed by atoms with van der Waals surface area (Å²) in [6, 6.07) is 13.1. The van der Waals surface area contributed by atoms with Crippen molar-refractivity contribution in [1.82, 2.24) is 4.90 Å². The number of amides is 2. The number of aryl methyl sites for hydroxylation is 2. The van der Waals surface area contributed by atoms with Crippen LogP contribution >= 0.6 is 0 Å². The minimum Gasteiger partial charge on any atom is -0.497 e. The molecule has 30 heavy (non-hydrogen) atoms. The highest BCUT2D eigenvalue weighted by molar-refractivity contribution is 6.45. The normalized spacial score (nSPS) is 17.9. The number of carbonyl (C=O) groups is 2. The number of likely N-dealkylation sites (tertiary alicyclic amines) is 1. The average molecular weight is 405 g/mol. The van der Waals surface area contributed by atoms with Gasteiger partial charge in [-0.1, -0.05) is 36.8 Å². The van der Waals surface area contributed by atoms with Gasteiger partial charge in [0.1, 0.15) is 11.4 Å². The first-order chi connectivity index (χ1) is 14.4. The second-order valence-electron chi connectivity index (χ2n) is 8.36. The van der Waals surface area contributed by atoms with E-state index in [0.29, 0.717) is 28.6 Å². The molecule has 2 aromatic carbocycles. The van der Waals surface area contributed by atoms with Crippen molar-refractivity contribution in [2.24, 2.45) is 5.92 Å². The molecule has 0 atom stereocenters. The van der Waals surface area contributed by atoms with Gasteiger partial charge in [0.05, 0.1) is 18.4 Å². The van der Waals surface area contributed by atoms with Crippen LogP contribution in [0.2, 0.25) is 0 Å². The summed E-state index contributed by atoms with van der Waals surface area (Å²) >= 11 is 0. The molecule has 5 nitrogen and oxygen atoms in total. The third kappa shape index (κ3) is 3.49. The summed E-state index contributed by atoms with van der Waals surface area (Å²) in [5.41, 5.74) is 4.54. The lowest BCUT2D eigenvalue weighted by molar-refractivity contribution is -0.120. The van der Waals surface area contributed by atoms with Gasteiger partial charge in [0.25, 0.3) is 11.8 Å². The van der Waals surface area contributed by atoms with Crippen molar-refractivity contribution in [3.8, 4) is 5.75 Å². The molecule has 4 rings (SSSR count). The molecule has 1 saturated heterocycles.